The lowest BCUT2D eigenvalue weighted by Gasteiger charge is -2.14. The SMILES string of the molecule is CCOc1ccc2oc(C(=O)N/N=C/c3cc(Br)c(OCc4ccccc4C#N)c(OC)c3)cc2c1. The van der Waals surface area contributed by atoms with Gasteiger partial charge in [-0.2, -0.15) is 10.4 Å². The maximum absolute atomic E-state index is 12.5. The van der Waals surface area contributed by atoms with Crippen molar-refractivity contribution in [3.8, 4) is 23.3 Å². The van der Waals surface area contributed by atoms with Gasteiger partial charge >= 0.3 is 5.91 Å². The van der Waals surface area contributed by atoms with Gasteiger partial charge in [0.1, 0.15) is 17.9 Å². The number of benzene rings is 3. The van der Waals surface area contributed by atoms with Crippen LogP contribution < -0.4 is 19.6 Å². The third-order valence-electron chi connectivity index (χ3n) is 5.16. The van der Waals surface area contributed by atoms with Crippen molar-refractivity contribution in [3.05, 3.63) is 87.6 Å². The molecule has 4 aromatic rings. The highest BCUT2D eigenvalue weighted by Crippen LogP contribution is 2.37. The van der Waals surface area contributed by atoms with E-state index in [-0.39, 0.29) is 12.4 Å². The van der Waals surface area contributed by atoms with Crippen LogP contribution in [0.2, 0.25) is 0 Å². The summed E-state index contributed by atoms with van der Waals surface area (Å²) in [5, 5.41) is 14.1. The van der Waals surface area contributed by atoms with Crippen LogP contribution in [0.5, 0.6) is 17.2 Å². The van der Waals surface area contributed by atoms with Crippen molar-refractivity contribution < 1.29 is 23.4 Å². The zero-order chi connectivity index (χ0) is 25.5. The second kappa shape index (κ2) is 11.4. The number of amides is 1. The van der Waals surface area contributed by atoms with Gasteiger partial charge in [-0.1, -0.05) is 18.2 Å². The summed E-state index contributed by atoms with van der Waals surface area (Å²) in [5.41, 5.74) is 5.02. The molecule has 8 nitrogen and oxygen atoms in total. The number of hydrogen-bond acceptors (Lipinski definition) is 7. The Morgan fingerprint density at radius 3 is 2.78 bits per heavy atom. The molecule has 36 heavy (non-hydrogen) atoms. The largest absolute Gasteiger partial charge is 0.494 e. The molecule has 1 aromatic heterocycles. The van der Waals surface area contributed by atoms with Gasteiger partial charge in [0, 0.05) is 10.9 Å². The fourth-order valence-corrected chi connectivity index (χ4v) is 4.04. The Balaban J connectivity index is 1.44. The number of nitrogens with one attached hydrogen (secondary N) is 1. The number of rotatable bonds is 9. The van der Waals surface area contributed by atoms with E-state index < -0.39 is 5.91 Å². The van der Waals surface area contributed by atoms with Crippen molar-refractivity contribution >= 4 is 39.0 Å². The fraction of sp³-hybridized carbons (Fsp3) is 0.148. The number of hydrogen-bond donors (Lipinski definition) is 1. The van der Waals surface area contributed by atoms with Crippen molar-refractivity contribution in [2.24, 2.45) is 5.10 Å². The van der Waals surface area contributed by atoms with Crippen molar-refractivity contribution in [2.75, 3.05) is 13.7 Å². The molecule has 0 aliphatic heterocycles. The summed E-state index contributed by atoms with van der Waals surface area (Å²) >= 11 is 3.50. The first-order valence-corrected chi connectivity index (χ1v) is 11.8. The molecule has 4 rings (SSSR count). The molecule has 0 saturated carbocycles. The number of fused-ring (bicyclic) bond motifs is 1. The third kappa shape index (κ3) is 5.67. The van der Waals surface area contributed by atoms with Crippen LogP contribution in [-0.4, -0.2) is 25.8 Å². The number of nitrogens with zero attached hydrogens (tertiary/aromatic N) is 2. The van der Waals surface area contributed by atoms with Crippen LogP contribution >= 0.6 is 15.9 Å². The van der Waals surface area contributed by atoms with E-state index in [0.29, 0.717) is 45.0 Å². The Kier molecular flexibility index (Phi) is 7.88. The fourth-order valence-electron chi connectivity index (χ4n) is 3.47. The number of hydrazone groups is 1. The summed E-state index contributed by atoms with van der Waals surface area (Å²) in [6, 6.07) is 19.9. The predicted octanol–water partition coefficient (Wildman–Crippen LogP) is 5.82. The van der Waals surface area contributed by atoms with E-state index >= 15 is 0 Å². The quantitative estimate of drug-likeness (QED) is 0.209. The van der Waals surface area contributed by atoms with E-state index in [2.05, 4.69) is 32.5 Å². The molecular formula is C27H22BrN3O5. The van der Waals surface area contributed by atoms with E-state index in [1.807, 2.05) is 25.1 Å². The zero-order valence-electron chi connectivity index (χ0n) is 19.6. The normalized spacial score (nSPS) is 10.8. The van der Waals surface area contributed by atoms with Gasteiger partial charge in [0.05, 0.1) is 36.0 Å². The summed E-state index contributed by atoms with van der Waals surface area (Å²) in [5.74, 6) is 1.31. The lowest BCUT2D eigenvalue weighted by atomic mass is 10.1. The number of carbonyl (C=O) groups excluding carboxylic acids is 1. The Morgan fingerprint density at radius 2 is 2.00 bits per heavy atom. The number of halogens is 1. The molecule has 1 heterocycles. The second-order valence-electron chi connectivity index (χ2n) is 7.53. The minimum absolute atomic E-state index is 0.135. The maximum atomic E-state index is 12.5. The lowest BCUT2D eigenvalue weighted by molar-refractivity contribution is 0.0929. The molecule has 0 bridgehead atoms. The highest BCUT2D eigenvalue weighted by molar-refractivity contribution is 9.10. The van der Waals surface area contributed by atoms with E-state index in [1.54, 1.807) is 42.5 Å². The molecule has 0 saturated heterocycles. The van der Waals surface area contributed by atoms with Crippen molar-refractivity contribution in [1.82, 2.24) is 5.43 Å². The van der Waals surface area contributed by atoms with Gasteiger partial charge in [-0.15, -0.1) is 0 Å². The molecule has 9 heteroatoms. The second-order valence-corrected chi connectivity index (χ2v) is 8.39. The summed E-state index contributed by atoms with van der Waals surface area (Å²) in [4.78, 5) is 12.5. The first kappa shape index (κ1) is 24.8. The van der Waals surface area contributed by atoms with Crippen LogP contribution in [0.3, 0.4) is 0 Å². The van der Waals surface area contributed by atoms with Crippen LogP contribution in [0, 0.1) is 11.3 Å². The van der Waals surface area contributed by atoms with E-state index in [9.17, 15) is 10.1 Å². The van der Waals surface area contributed by atoms with Crippen molar-refractivity contribution in [1.29, 1.82) is 5.26 Å². The molecule has 3 aromatic carbocycles. The summed E-state index contributed by atoms with van der Waals surface area (Å²) < 4.78 is 23.1. The molecule has 1 amide bonds. The van der Waals surface area contributed by atoms with E-state index in [0.717, 1.165) is 10.9 Å². The average Bonchev–Trinajstić information content (AvgIpc) is 3.32. The third-order valence-corrected chi connectivity index (χ3v) is 5.75. The van der Waals surface area contributed by atoms with Gasteiger partial charge in [0.15, 0.2) is 17.3 Å². The number of nitriles is 1. The molecule has 0 unspecified atom stereocenters. The summed E-state index contributed by atoms with van der Waals surface area (Å²) in [6.45, 7) is 2.65. The van der Waals surface area contributed by atoms with Crippen LogP contribution in [0.1, 0.15) is 34.2 Å². The minimum atomic E-state index is -0.484. The van der Waals surface area contributed by atoms with Gasteiger partial charge in [0.2, 0.25) is 0 Å². The lowest BCUT2D eigenvalue weighted by Crippen LogP contribution is -2.16. The molecule has 0 fully saturated rings. The highest BCUT2D eigenvalue weighted by atomic mass is 79.9. The van der Waals surface area contributed by atoms with Crippen molar-refractivity contribution in [2.45, 2.75) is 13.5 Å². The zero-order valence-corrected chi connectivity index (χ0v) is 21.2. The molecule has 0 spiro atoms. The van der Waals surface area contributed by atoms with E-state index in [4.69, 9.17) is 18.6 Å². The van der Waals surface area contributed by atoms with Crippen LogP contribution in [0.15, 0.2) is 74.7 Å². The number of furan rings is 1. The van der Waals surface area contributed by atoms with Gasteiger partial charge < -0.3 is 18.6 Å². The molecule has 182 valence electrons. The first-order valence-electron chi connectivity index (χ1n) is 11.0. The molecule has 1 N–H and O–H groups in total. The number of carbonyl (C=O) groups is 1. The Labute approximate surface area is 216 Å². The summed E-state index contributed by atoms with van der Waals surface area (Å²) in [7, 11) is 1.53. The summed E-state index contributed by atoms with van der Waals surface area (Å²) in [6.07, 6.45) is 1.48. The first-order chi connectivity index (χ1) is 17.5. The smallest absolute Gasteiger partial charge is 0.307 e. The van der Waals surface area contributed by atoms with Crippen LogP contribution in [0.4, 0.5) is 0 Å². The number of ether oxygens (including phenoxy) is 3. The molecule has 0 radical (unpaired) electrons. The molecule has 0 aliphatic carbocycles. The Morgan fingerprint density at radius 1 is 1.17 bits per heavy atom. The van der Waals surface area contributed by atoms with Gasteiger partial charge in [0.25, 0.3) is 0 Å². The maximum Gasteiger partial charge on any atom is 0.307 e. The van der Waals surface area contributed by atoms with Crippen LogP contribution in [0.25, 0.3) is 11.0 Å². The predicted molar refractivity (Wildman–Crippen MR) is 139 cm³/mol. The minimum Gasteiger partial charge on any atom is -0.494 e. The van der Waals surface area contributed by atoms with Gasteiger partial charge in [-0.3, -0.25) is 4.79 Å². The molecule has 0 aliphatic rings. The van der Waals surface area contributed by atoms with Crippen LogP contribution in [-0.2, 0) is 6.61 Å². The molecular weight excluding hydrogens is 526 g/mol. The van der Waals surface area contributed by atoms with E-state index in [1.165, 1.54) is 13.3 Å². The highest BCUT2D eigenvalue weighted by Gasteiger charge is 2.14. The number of methoxy groups -OCH3 is 1. The van der Waals surface area contributed by atoms with Gasteiger partial charge in [-0.05, 0) is 70.9 Å². The monoisotopic (exact) mass is 547 g/mol. The standard InChI is InChI=1S/C27H22BrN3O5/c1-3-34-21-8-9-23-20(12-21)13-25(36-23)27(32)31-30-15-17-10-22(28)26(24(11-17)33-2)35-16-19-7-5-4-6-18(19)14-29/h4-13,15H,3,16H2,1-2H3,(H,31,32)/b30-15+. The molecule has 0 atom stereocenters. The average molecular weight is 548 g/mol. The Hall–Kier alpha value is -4.29. The Bertz CT molecular complexity index is 1470. The van der Waals surface area contributed by atoms with Gasteiger partial charge in [-0.25, -0.2) is 5.43 Å². The topological polar surface area (TPSA) is 106 Å². The van der Waals surface area contributed by atoms with Crippen molar-refractivity contribution in [3.63, 3.8) is 0 Å².